The van der Waals surface area contributed by atoms with Gasteiger partial charge in [0.2, 0.25) is 0 Å². The van der Waals surface area contributed by atoms with E-state index in [1.54, 1.807) is 13.0 Å². The van der Waals surface area contributed by atoms with Crippen LogP contribution in [0.25, 0.3) is 10.1 Å². The summed E-state index contributed by atoms with van der Waals surface area (Å²) in [6, 6.07) is 12.7. The van der Waals surface area contributed by atoms with E-state index in [1.165, 1.54) is 29.5 Å². The standard InChI is InChI=1S/C18H14FNO3S/c1-2-23-18(22)15-13-8-3-4-9-14(13)24-17(15)20-16(21)11-6-5-7-12(19)10-11/h3-10H,2H2,1H3,(H,20,21). The van der Waals surface area contributed by atoms with Crippen LogP contribution in [0.3, 0.4) is 0 Å². The molecule has 0 unspecified atom stereocenters. The number of carbonyl (C=O) groups is 2. The van der Waals surface area contributed by atoms with Gasteiger partial charge in [-0.3, -0.25) is 4.79 Å². The SMILES string of the molecule is CCOC(=O)c1c(NC(=O)c2cccc(F)c2)sc2ccccc12. The molecule has 2 aromatic carbocycles. The number of nitrogens with one attached hydrogen (secondary N) is 1. The van der Waals surface area contributed by atoms with Crippen molar-refractivity contribution in [3.8, 4) is 0 Å². The van der Waals surface area contributed by atoms with E-state index in [9.17, 15) is 14.0 Å². The van der Waals surface area contributed by atoms with Crippen molar-refractivity contribution in [3.05, 3.63) is 65.5 Å². The lowest BCUT2D eigenvalue weighted by Gasteiger charge is -2.07. The van der Waals surface area contributed by atoms with Gasteiger partial charge in [-0.2, -0.15) is 0 Å². The number of benzene rings is 2. The van der Waals surface area contributed by atoms with Crippen LogP contribution >= 0.6 is 11.3 Å². The van der Waals surface area contributed by atoms with Gasteiger partial charge in [0.1, 0.15) is 16.4 Å². The van der Waals surface area contributed by atoms with Crippen LogP contribution in [0.2, 0.25) is 0 Å². The molecule has 0 saturated carbocycles. The highest BCUT2D eigenvalue weighted by Gasteiger charge is 2.21. The minimum Gasteiger partial charge on any atom is -0.462 e. The van der Waals surface area contributed by atoms with Gasteiger partial charge in [-0.05, 0) is 31.2 Å². The van der Waals surface area contributed by atoms with E-state index in [4.69, 9.17) is 4.74 Å². The van der Waals surface area contributed by atoms with Crippen LogP contribution in [0.4, 0.5) is 9.39 Å². The van der Waals surface area contributed by atoms with Gasteiger partial charge in [-0.15, -0.1) is 11.3 Å². The zero-order valence-electron chi connectivity index (χ0n) is 12.8. The second-order valence-electron chi connectivity index (χ2n) is 4.99. The molecule has 3 aromatic rings. The predicted molar refractivity (Wildman–Crippen MR) is 92.1 cm³/mol. The van der Waals surface area contributed by atoms with E-state index in [0.717, 1.165) is 16.2 Å². The average Bonchev–Trinajstić information content (AvgIpc) is 2.93. The van der Waals surface area contributed by atoms with Crippen molar-refractivity contribution in [2.45, 2.75) is 6.92 Å². The Bertz CT molecular complexity index is 920. The summed E-state index contributed by atoms with van der Waals surface area (Å²) >= 11 is 1.28. The molecular weight excluding hydrogens is 329 g/mol. The monoisotopic (exact) mass is 343 g/mol. The van der Waals surface area contributed by atoms with Gasteiger partial charge >= 0.3 is 5.97 Å². The lowest BCUT2D eigenvalue weighted by molar-refractivity contribution is 0.0530. The summed E-state index contributed by atoms with van der Waals surface area (Å²) in [7, 11) is 0. The molecule has 1 heterocycles. The van der Waals surface area contributed by atoms with Gasteiger partial charge < -0.3 is 10.1 Å². The van der Waals surface area contributed by atoms with Gasteiger partial charge in [-0.1, -0.05) is 24.3 Å². The van der Waals surface area contributed by atoms with Crippen LogP contribution in [0, 0.1) is 5.82 Å². The molecule has 0 saturated heterocycles. The minimum atomic E-state index is -0.496. The summed E-state index contributed by atoms with van der Waals surface area (Å²) in [5, 5.41) is 3.81. The van der Waals surface area contributed by atoms with E-state index in [0.29, 0.717) is 10.6 Å². The summed E-state index contributed by atoms with van der Waals surface area (Å²) in [6.45, 7) is 1.96. The third kappa shape index (κ3) is 3.14. The molecule has 0 atom stereocenters. The lowest BCUT2D eigenvalue weighted by Crippen LogP contribution is -2.14. The number of thiophene rings is 1. The topological polar surface area (TPSA) is 55.4 Å². The molecule has 122 valence electrons. The minimum absolute atomic E-state index is 0.183. The third-order valence-corrected chi connectivity index (χ3v) is 4.48. The summed E-state index contributed by atoms with van der Waals surface area (Å²) in [5.74, 6) is -1.47. The smallest absolute Gasteiger partial charge is 0.341 e. The largest absolute Gasteiger partial charge is 0.462 e. The first kappa shape index (κ1) is 16.1. The van der Waals surface area contributed by atoms with Crippen LogP contribution in [-0.4, -0.2) is 18.5 Å². The normalized spacial score (nSPS) is 10.6. The zero-order valence-corrected chi connectivity index (χ0v) is 13.7. The van der Waals surface area contributed by atoms with Crippen molar-refractivity contribution < 1.29 is 18.7 Å². The van der Waals surface area contributed by atoms with Crippen LogP contribution < -0.4 is 5.32 Å². The van der Waals surface area contributed by atoms with E-state index >= 15 is 0 Å². The van der Waals surface area contributed by atoms with Crippen LogP contribution in [0.1, 0.15) is 27.6 Å². The Morgan fingerprint density at radius 3 is 2.71 bits per heavy atom. The maximum absolute atomic E-state index is 13.3. The van der Waals surface area contributed by atoms with E-state index in [2.05, 4.69) is 5.32 Å². The highest BCUT2D eigenvalue weighted by Crippen LogP contribution is 2.36. The molecule has 1 aromatic heterocycles. The number of fused-ring (bicyclic) bond motifs is 1. The van der Waals surface area contributed by atoms with E-state index < -0.39 is 17.7 Å². The molecule has 0 fully saturated rings. The van der Waals surface area contributed by atoms with Gasteiger partial charge in [0.05, 0.1) is 6.61 Å². The van der Waals surface area contributed by atoms with E-state index in [1.807, 2.05) is 18.2 Å². The molecule has 0 bridgehead atoms. The van der Waals surface area contributed by atoms with Crippen molar-refractivity contribution >= 4 is 38.3 Å². The van der Waals surface area contributed by atoms with Gasteiger partial charge in [-0.25, -0.2) is 9.18 Å². The first-order valence-corrected chi connectivity index (χ1v) is 8.17. The molecule has 3 rings (SSSR count). The van der Waals surface area contributed by atoms with Crippen molar-refractivity contribution in [3.63, 3.8) is 0 Å². The third-order valence-electron chi connectivity index (χ3n) is 3.39. The number of esters is 1. The second kappa shape index (κ2) is 6.80. The van der Waals surface area contributed by atoms with Gasteiger partial charge in [0, 0.05) is 15.6 Å². The lowest BCUT2D eigenvalue weighted by atomic mass is 10.1. The molecule has 24 heavy (non-hydrogen) atoms. The first-order valence-electron chi connectivity index (χ1n) is 7.35. The zero-order chi connectivity index (χ0) is 17.1. The molecule has 0 radical (unpaired) electrons. The summed E-state index contributed by atoms with van der Waals surface area (Å²) in [4.78, 5) is 24.6. The number of anilines is 1. The Labute approximate surface area is 141 Å². The quantitative estimate of drug-likeness (QED) is 0.711. The van der Waals surface area contributed by atoms with Crippen LogP contribution in [0.15, 0.2) is 48.5 Å². The van der Waals surface area contributed by atoms with Gasteiger partial charge in [0.25, 0.3) is 5.91 Å². The highest BCUT2D eigenvalue weighted by atomic mass is 32.1. The first-order chi connectivity index (χ1) is 11.6. The Balaban J connectivity index is 2.01. The molecule has 1 N–H and O–H groups in total. The second-order valence-corrected chi connectivity index (χ2v) is 6.04. The molecule has 0 aliphatic heterocycles. The number of carbonyl (C=O) groups excluding carboxylic acids is 2. The fraction of sp³-hybridized carbons (Fsp3) is 0.111. The Morgan fingerprint density at radius 2 is 1.96 bits per heavy atom. The average molecular weight is 343 g/mol. The number of ether oxygens (including phenoxy) is 1. The molecule has 0 spiro atoms. The maximum Gasteiger partial charge on any atom is 0.341 e. The number of rotatable bonds is 4. The number of amides is 1. The van der Waals surface area contributed by atoms with Crippen molar-refractivity contribution in [1.29, 1.82) is 0 Å². The predicted octanol–water partition coefficient (Wildman–Crippen LogP) is 4.47. The molecule has 0 aliphatic rings. The van der Waals surface area contributed by atoms with Crippen LogP contribution in [0.5, 0.6) is 0 Å². The highest BCUT2D eigenvalue weighted by molar-refractivity contribution is 7.23. The number of hydrogen-bond acceptors (Lipinski definition) is 4. The molecular formula is C18H14FNO3S. The van der Waals surface area contributed by atoms with Crippen molar-refractivity contribution in [1.82, 2.24) is 0 Å². The van der Waals surface area contributed by atoms with Crippen molar-refractivity contribution in [2.24, 2.45) is 0 Å². The fourth-order valence-electron chi connectivity index (χ4n) is 2.34. The van der Waals surface area contributed by atoms with E-state index in [-0.39, 0.29) is 12.2 Å². The number of halogens is 1. The molecule has 0 aliphatic carbocycles. The Morgan fingerprint density at radius 1 is 1.17 bits per heavy atom. The summed E-state index contributed by atoms with van der Waals surface area (Å²) in [5.41, 5.74) is 0.504. The van der Waals surface area contributed by atoms with Crippen LogP contribution in [-0.2, 0) is 4.74 Å². The molecule has 1 amide bonds. The van der Waals surface area contributed by atoms with Gasteiger partial charge in [0.15, 0.2) is 0 Å². The Kier molecular flexibility index (Phi) is 4.57. The maximum atomic E-state index is 13.3. The molecule has 6 heteroatoms. The fourth-order valence-corrected chi connectivity index (χ4v) is 3.43. The number of hydrogen-bond donors (Lipinski definition) is 1. The van der Waals surface area contributed by atoms with Crippen molar-refractivity contribution in [2.75, 3.05) is 11.9 Å². The summed E-state index contributed by atoms with van der Waals surface area (Å²) < 4.78 is 19.2. The Hall–Kier alpha value is -2.73. The summed E-state index contributed by atoms with van der Waals surface area (Å²) in [6.07, 6.45) is 0. The molecule has 4 nitrogen and oxygen atoms in total.